The van der Waals surface area contributed by atoms with Gasteiger partial charge >= 0.3 is 35.0 Å². The van der Waals surface area contributed by atoms with Crippen LogP contribution in [0.2, 0.25) is 0 Å². The van der Waals surface area contributed by atoms with Gasteiger partial charge in [-0.3, -0.25) is 0 Å². The van der Waals surface area contributed by atoms with Crippen LogP contribution in [0.1, 0.15) is 84.0 Å². The number of esters is 1. The lowest BCUT2D eigenvalue weighted by Gasteiger charge is -2.03. The molecule has 0 aliphatic carbocycles. The Balaban J connectivity index is 0. The van der Waals surface area contributed by atoms with E-state index >= 15 is 0 Å². The summed E-state index contributed by atoms with van der Waals surface area (Å²) in [5, 5.41) is 8.35. The molecule has 0 fully saturated rings. The van der Waals surface area contributed by atoms with E-state index in [1.54, 1.807) is 0 Å². The molecule has 1 N–H and O–H groups in total. The molecule has 0 spiro atoms. The maximum absolute atomic E-state index is 11.1. The molecule has 0 bridgehead atoms. The first kappa shape index (κ1) is 24.7. The van der Waals surface area contributed by atoms with Crippen molar-refractivity contribution in [3.8, 4) is 0 Å². The van der Waals surface area contributed by atoms with Crippen LogP contribution in [0.3, 0.4) is 0 Å². The minimum atomic E-state index is -1.14. The second kappa shape index (κ2) is 19.5. The van der Waals surface area contributed by atoms with Gasteiger partial charge in [0.15, 0.2) is 0 Å². The summed E-state index contributed by atoms with van der Waals surface area (Å²) in [6.07, 6.45) is 16.9. The second-order valence-electron chi connectivity index (χ2n) is 5.73. The lowest BCUT2D eigenvalue weighted by molar-refractivity contribution is -0.138. The lowest BCUT2D eigenvalue weighted by atomic mass is 10.1. The topological polar surface area (TPSA) is 63.6 Å². The molecule has 0 aliphatic heterocycles. The summed E-state index contributed by atoms with van der Waals surface area (Å²) >= 11 is 0. The van der Waals surface area contributed by atoms with Crippen LogP contribution in [0.25, 0.3) is 0 Å². The number of hydrogen-bond donors (Lipinski definition) is 1. The smallest absolute Gasteiger partial charge is 0.331 e. The highest BCUT2D eigenvalue weighted by atomic mass is 24.3. The molecule has 0 radical (unpaired) electrons. The fourth-order valence-electron chi connectivity index (χ4n) is 2.30. The Labute approximate surface area is 157 Å². The summed E-state index contributed by atoms with van der Waals surface area (Å²) in [4.78, 5) is 21.3. The third kappa shape index (κ3) is 21.4. The maximum atomic E-state index is 11.1. The molecule has 4 nitrogen and oxygen atoms in total. The van der Waals surface area contributed by atoms with E-state index in [1.807, 2.05) is 0 Å². The Bertz CT molecular complexity index is 316. The molecule has 0 aromatic carbocycles. The van der Waals surface area contributed by atoms with E-state index in [-0.39, 0.29) is 23.1 Å². The van der Waals surface area contributed by atoms with Gasteiger partial charge in [0, 0.05) is 12.2 Å². The molecule has 5 heteroatoms. The van der Waals surface area contributed by atoms with Gasteiger partial charge in [-0.1, -0.05) is 77.6 Å². The number of ether oxygens (including phenoxy) is 1. The van der Waals surface area contributed by atoms with Crippen molar-refractivity contribution in [2.24, 2.45) is 0 Å². The van der Waals surface area contributed by atoms with Crippen molar-refractivity contribution in [3.63, 3.8) is 0 Å². The maximum Gasteiger partial charge on any atom is 0.331 e. The standard InChI is InChI=1S/C18H32O4.Mg.2H/c1-2-3-4-5-6-7-8-9-10-11-12-13-16-22-18(21)15-14-17(19)20;;;/h14-15H,2-13,16H2,1H3,(H,19,20);;;/b15-14+;;;. The van der Waals surface area contributed by atoms with Crippen molar-refractivity contribution in [1.29, 1.82) is 0 Å². The third-order valence-electron chi connectivity index (χ3n) is 3.60. The predicted molar refractivity (Wildman–Crippen MR) is 97.4 cm³/mol. The molecule has 0 amide bonds. The van der Waals surface area contributed by atoms with Gasteiger partial charge in [-0.05, 0) is 6.42 Å². The van der Waals surface area contributed by atoms with Crippen LogP contribution < -0.4 is 0 Å². The van der Waals surface area contributed by atoms with E-state index in [4.69, 9.17) is 9.84 Å². The number of carboxylic acid groups (broad SMARTS) is 1. The average molecular weight is 339 g/mol. The molecule has 0 saturated carbocycles. The van der Waals surface area contributed by atoms with Crippen LogP contribution in [-0.4, -0.2) is 46.7 Å². The van der Waals surface area contributed by atoms with Crippen molar-refractivity contribution < 1.29 is 19.4 Å². The molecule has 132 valence electrons. The van der Waals surface area contributed by atoms with Gasteiger partial charge in [0.1, 0.15) is 0 Å². The molecular weight excluding hydrogens is 304 g/mol. The first-order valence-corrected chi connectivity index (χ1v) is 8.74. The first-order chi connectivity index (χ1) is 10.7. The second-order valence-corrected chi connectivity index (χ2v) is 5.73. The number of aliphatic carboxylic acids is 1. The summed E-state index contributed by atoms with van der Waals surface area (Å²) in [5.74, 6) is -1.72. The monoisotopic (exact) mass is 338 g/mol. The quantitative estimate of drug-likeness (QED) is 0.212. The molecule has 0 aromatic rings. The molecule has 0 heterocycles. The van der Waals surface area contributed by atoms with Gasteiger partial charge in [0.25, 0.3) is 0 Å². The van der Waals surface area contributed by atoms with Gasteiger partial charge in [0.2, 0.25) is 0 Å². The van der Waals surface area contributed by atoms with E-state index in [1.165, 1.54) is 64.2 Å². The minimum Gasteiger partial charge on any atom is -0.478 e. The summed E-state index contributed by atoms with van der Waals surface area (Å²) in [5.41, 5.74) is 0. The van der Waals surface area contributed by atoms with E-state index < -0.39 is 11.9 Å². The van der Waals surface area contributed by atoms with Crippen molar-refractivity contribution >= 4 is 35.0 Å². The highest BCUT2D eigenvalue weighted by molar-refractivity contribution is 5.90. The molecule has 23 heavy (non-hydrogen) atoms. The Kier molecular flexibility index (Phi) is 20.9. The van der Waals surface area contributed by atoms with Crippen LogP contribution in [-0.2, 0) is 14.3 Å². The zero-order chi connectivity index (χ0) is 16.5. The molecule has 0 aromatic heterocycles. The zero-order valence-corrected chi connectivity index (χ0v) is 14.0. The van der Waals surface area contributed by atoms with Crippen molar-refractivity contribution in [2.75, 3.05) is 6.61 Å². The molecule has 0 atom stereocenters. The Morgan fingerprint density at radius 1 is 0.783 bits per heavy atom. The normalized spacial score (nSPS) is 10.5. The molecule has 0 saturated heterocycles. The highest BCUT2D eigenvalue weighted by Gasteiger charge is 1.98. The van der Waals surface area contributed by atoms with Crippen molar-refractivity contribution in [2.45, 2.75) is 84.0 Å². The summed E-state index contributed by atoms with van der Waals surface area (Å²) in [6, 6.07) is 0. The van der Waals surface area contributed by atoms with Gasteiger partial charge in [0.05, 0.1) is 6.61 Å². The zero-order valence-electron chi connectivity index (χ0n) is 14.0. The van der Waals surface area contributed by atoms with E-state index in [2.05, 4.69) is 6.92 Å². The van der Waals surface area contributed by atoms with Crippen LogP contribution in [0.4, 0.5) is 0 Å². The number of carbonyl (C=O) groups is 2. The van der Waals surface area contributed by atoms with E-state index in [0.29, 0.717) is 6.61 Å². The minimum absolute atomic E-state index is 0. The van der Waals surface area contributed by atoms with Crippen LogP contribution in [0.15, 0.2) is 12.2 Å². The number of carboxylic acids is 1. The van der Waals surface area contributed by atoms with Crippen molar-refractivity contribution in [1.82, 2.24) is 0 Å². The molecule has 0 rings (SSSR count). The SMILES string of the molecule is CCCCCCCCCCCCCCOC(=O)/C=C/C(=O)O.[MgH2]. The number of hydrogen-bond acceptors (Lipinski definition) is 3. The van der Waals surface area contributed by atoms with Crippen molar-refractivity contribution in [3.05, 3.63) is 12.2 Å². The van der Waals surface area contributed by atoms with Gasteiger partial charge < -0.3 is 9.84 Å². The predicted octanol–water partition coefficient (Wildman–Crippen LogP) is 3.96. The highest BCUT2D eigenvalue weighted by Crippen LogP contribution is 2.11. The first-order valence-electron chi connectivity index (χ1n) is 8.74. The number of carbonyl (C=O) groups excluding carboxylic acids is 1. The van der Waals surface area contributed by atoms with Gasteiger partial charge in [-0.25, -0.2) is 9.59 Å². The third-order valence-corrected chi connectivity index (χ3v) is 3.60. The lowest BCUT2D eigenvalue weighted by Crippen LogP contribution is -2.03. The molecule has 0 aliphatic rings. The summed E-state index contributed by atoms with van der Waals surface area (Å²) in [7, 11) is 0. The molecular formula is C18H34MgO4. The molecule has 0 unspecified atom stereocenters. The van der Waals surface area contributed by atoms with Crippen LogP contribution in [0.5, 0.6) is 0 Å². The fourth-order valence-corrected chi connectivity index (χ4v) is 2.30. The summed E-state index contributed by atoms with van der Waals surface area (Å²) < 4.78 is 4.90. The van der Waals surface area contributed by atoms with E-state index in [9.17, 15) is 9.59 Å². The fraction of sp³-hybridized carbons (Fsp3) is 0.778. The van der Waals surface area contributed by atoms with Crippen LogP contribution in [0, 0.1) is 0 Å². The number of rotatable bonds is 15. The Morgan fingerprint density at radius 3 is 1.65 bits per heavy atom. The van der Waals surface area contributed by atoms with E-state index in [0.717, 1.165) is 25.0 Å². The summed E-state index contributed by atoms with van der Waals surface area (Å²) in [6.45, 7) is 2.62. The largest absolute Gasteiger partial charge is 0.478 e. The Hall–Kier alpha value is -0.554. The Morgan fingerprint density at radius 2 is 1.22 bits per heavy atom. The number of unbranched alkanes of at least 4 members (excludes halogenated alkanes) is 11. The van der Waals surface area contributed by atoms with Gasteiger partial charge in [-0.2, -0.15) is 0 Å². The van der Waals surface area contributed by atoms with Gasteiger partial charge in [-0.15, -0.1) is 0 Å². The average Bonchev–Trinajstić information content (AvgIpc) is 2.49. The van der Waals surface area contributed by atoms with Crippen LogP contribution >= 0.6 is 0 Å².